The normalized spacial score (nSPS) is 11.5. The van der Waals surface area contributed by atoms with Gasteiger partial charge >= 0.3 is 0 Å². The molecule has 0 atom stereocenters. The molecule has 6 nitrogen and oxygen atoms in total. The van der Waals surface area contributed by atoms with Crippen molar-refractivity contribution in [1.82, 2.24) is 15.0 Å². The highest BCUT2D eigenvalue weighted by atomic mass is 32.2. The number of hydrogen-bond donors (Lipinski definition) is 1. The van der Waals surface area contributed by atoms with Crippen molar-refractivity contribution in [3.8, 4) is 23.0 Å². The van der Waals surface area contributed by atoms with Gasteiger partial charge < -0.3 is 14.3 Å². The van der Waals surface area contributed by atoms with Crippen LogP contribution in [0.5, 0.6) is 11.6 Å². The van der Waals surface area contributed by atoms with Crippen LogP contribution in [-0.2, 0) is 11.2 Å². The van der Waals surface area contributed by atoms with Crippen molar-refractivity contribution in [2.75, 3.05) is 7.11 Å². The Hall–Kier alpha value is -2.54. The van der Waals surface area contributed by atoms with E-state index in [9.17, 15) is 5.11 Å². The number of oxazole rings is 1. The quantitative estimate of drug-likeness (QED) is 0.524. The molecule has 0 aliphatic heterocycles. The Bertz CT molecular complexity index is 886. The molecule has 0 spiro atoms. The molecule has 0 unspecified atom stereocenters. The summed E-state index contributed by atoms with van der Waals surface area (Å²) in [5, 5.41) is 10.3. The SMILES string of the molecule is COc1ccc(-c2cnc(CSc3nc(O)cc(C(C)(C)C)n3)o2)cc1. The molecular formula is C19H21N3O3S. The van der Waals surface area contributed by atoms with Gasteiger partial charge in [-0.3, -0.25) is 0 Å². The Kier molecular flexibility index (Phi) is 5.18. The lowest BCUT2D eigenvalue weighted by Gasteiger charge is -2.17. The van der Waals surface area contributed by atoms with E-state index in [0.29, 0.717) is 22.6 Å². The highest BCUT2D eigenvalue weighted by Crippen LogP contribution is 2.28. The molecular weight excluding hydrogens is 350 g/mol. The van der Waals surface area contributed by atoms with Gasteiger partial charge in [0.1, 0.15) is 5.75 Å². The standard InChI is InChI=1S/C19H21N3O3S/c1-19(2,3)15-9-16(23)22-18(21-15)26-11-17-20-10-14(25-17)12-5-7-13(24-4)8-6-12/h5-10H,11H2,1-4H3,(H,21,22,23). The lowest BCUT2D eigenvalue weighted by atomic mass is 9.92. The average molecular weight is 371 g/mol. The predicted molar refractivity (Wildman–Crippen MR) is 100 cm³/mol. The maximum atomic E-state index is 9.84. The monoisotopic (exact) mass is 371 g/mol. The Morgan fingerprint density at radius 1 is 1.15 bits per heavy atom. The van der Waals surface area contributed by atoms with Gasteiger partial charge in [-0.2, -0.15) is 4.98 Å². The van der Waals surface area contributed by atoms with E-state index < -0.39 is 0 Å². The Morgan fingerprint density at radius 2 is 1.88 bits per heavy atom. The number of nitrogens with zero attached hydrogens (tertiary/aromatic N) is 3. The highest BCUT2D eigenvalue weighted by Gasteiger charge is 2.18. The number of aromatic hydroxyl groups is 1. The van der Waals surface area contributed by atoms with Gasteiger partial charge in [0, 0.05) is 17.0 Å². The van der Waals surface area contributed by atoms with Crippen LogP contribution < -0.4 is 4.74 Å². The Balaban J connectivity index is 1.71. The smallest absolute Gasteiger partial charge is 0.215 e. The van der Waals surface area contributed by atoms with Crippen molar-refractivity contribution in [1.29, 1.82) is 0 Å². The second-order valence-corrected chi connectivity index (χ2v) is 7.72. The average Bonchev–Trinajstić information content (AvgIpc) is 3.08. The molecule has 2 heterocycles. The molecule has 0 fully saturated rings. The van der Waals surface area contributed by atoms with Crippen molar-refractivity contribution in [3.63, 3.8) is 0 Å². The van der Waals surface area contributed by atoms with Gasteiger partial charge in [-0.05, 0) is 24.3 Å². The summed E-state index contributed by atoms with van der Waals surface area (Å²) in [6.45, 7) is 6.12. The minimum atomic E-state index is -0.166. The van der Waals surface area contributed by atoms with Crippen LogP contribution in [-0.4, -0.2) is 27.2 Å². The molecule has 1 aromatic carbocycles. The fraction of sp³-hybridized carbons (Fsp3) is 0.316. The minimum Gasteiger partial charge on any atom is -0.497 e. The first-order valence-corrected chi connectivity index (χ1v) is 9.14. The molecule has 136 valence electrons. The molecule has 3 rings (SSSR count). The first kappa shape index (κ1) is 18.3. The van der Waals surface area contributed by atoms with E-state index >= 15 is 0 Å². The van der Waals surface area contributed by atoms with Gasteiger partial charge in [-0.1, -0.05) is 32.5 Å². The third kappa shape index (κ3) is 4.35. The molecule has 0 aliphatic rings. The van der Waals surface area contributed by atoms with Crippen LogP contribution in [0.1, 0.15) is 32.4 Å². The lowest BCUT2D eigenvalue weighted by molar-refractivity contribution is 0.415. The zero-order valence-electron chi connectivity index (χ0n) is 15.2. The topological polar surface area (TPSA) is 81.3 Å². The van der Waals surface area contributed by atoms with Crippen LogP contribution in [0.3, 0.4) is 0 Å². The van der Waals surface area contributed by atoms with Crippen molar-refractivity contribution >= 4 is 11.8 Å². The van der Waals surface area contributed by atoms with Crippen molar-refractivity contribution in [2.45, 2.75) is 37.1 Å². The van der Waals surface area contributed by atoms with Crippen LogP contribution in [0.2, 0.25) is 0 Å². The van der Waals surface area contributed by atoms with Crippen molar-refractivity contribution in [3.05, 3.63) is 48.1 Å². The van der Waals surface area contributed by atoms with Gasteiger partial charge in [0.2, 0.25) is 11.8 Å². The maximum absolute atomic E-state index is 9.84. The predicted octanol–water partition coefficient (Wildman–Crippen LogP) is 4.44. The molecule has 1 N–H and O–H groups in total. The van der Waals surface area contributed by atoms with Crippen LogP contribution >= 0.6 is 11.8 Å². The highest BCUT2D eigenvalue weighted by molar-refractivity contribution is 7.98. The number of aromatic nitrogens is 3. The number of thioether (sulfide) groups is 1. The molecule has 0 amide bonds. The van der Waals surface area contributed by atoms with Gasteiger partial charge in [0.05, 0.1) is 24.8 Å². The molecule has 0 saturated heterocycles. The van der Waals surface area contributed by atoms with E-state index in [4.69, 9.17) is 9.15 Å². The Labute approximate surface area is 156 Å². The van der Waals surface area contributed by atoms with E-state index in [1.807, 2.05) is 45.0 Å². The number of benzene rings is 1. The number of rotatable bonds is 5. The summed E-state index contributed by atoms with van der Waals surface area (Å²) in [5.74, 6) is 2.50. The second kappa shape index (κ2) is 7.37. The summed E-state index contributed by atoms with van der Waals surface area (Å²) in [6, 6.07) is 9.19. The summed E-state index contributed by atoms with van der Waals surface area (Å²) in [7, 11) is 1.63. The zero-order valence-corrected chi connectivity index (χ0v) is 16.0. The largest absolute Gasteiger partial charge is 0.497 e. The molecule has 0 aliphatic carbocycles. The molecule has 26 heavy (non-hydrogen) atoms. The molecule has 3 aromatic rings. The van der Waals surface area contributed by atoms with E-state index in [0.717, 1.165) is 17.0 Å². The lowest BCUT2D eigenvalue weighted by Crippen LogP contribution is -2.14. The summed E-state index contributed by atoms with van der Waals surface area (Å²) >= 11 is 1.37. The maximum Gasteiger partial charge on any atom is 0.215 e. The van der Waals surface area contributed by atoms with E-state index in [2.05, 4.69) is 15.0 Å². The van der Waals surface area contributed by atoms with Crippen LogP contribution in [0.15, 0.2) is 46.1 Å². The first-order chi connectivity index (χ1) is 12.3. The van der Waals surface area contributed by atoms with Crippen LogP contribution in [0, 0.1) is 0 Å². The van der Waals surface area contributed by atoms with Gasteiger partial charge in [0.15, 0.2) is 10.9 Å². The fourth-order valence-corrected chi connectivity index (χ4v) is 2.96. The van der Waals surface area contributed by atoms with Crippen molar-refractivity contribution < 1.29 is 14.3 Å². The van der Waals surface area contributed by atoms with Gasteiger partial charge in [-0.25, -0.2) is 9.97 Å². The van der Waals surface area contributed by atoms with E-state index in [-0.39, 0.29) is 11.3 Å². The fourth-order valence-electron chi connectivity index (χ4n) is 2.25. The summed E-state index contributed by atoms with van der Waals surface area (Å²) in [5.41, 5.74) is 1.55. The Morgan fingerprint density at radius 3 is 2.54 bits per heavy atom. The third-order valence-electron chi connectivity index (χ3n) is 3.71. The zero-order chi connectivity index (χ0) is 18.7. The second-order valence-electron chi connectivity index (χ2n) is 6.78. The summed E-state index contributed by atoms with van der Waals surface area (Å²) in [4.78, 5) is 12.9. The first-order valence-electron chi connectivity index (χ1n) is 8.15. The minimum absolute atomic E-state index is 0.0289. The van der Waals surface area contributed by atoms with Crippen molar-refractivity contribution in [2.24, 2.45) is 0 Å². The van der Waals surface area contributed by atoms with Crippen LogP contribution in [0.4, 0.5) is 0 Å². The summed E-state index contributed by atoms with van der Waals surface area (Å²) < 4.78 is 11.0. The van der Waals surface area contributed by atoms with E-state index in [1.54, 1.807) is 19.4 Å². The molecule has 2 aromatic heterocycles. The molecule has 7 heteroatoms. The molecule has 0 bridgehead atoms. The third-order valence-corrected chi connectivity index (χ3v) is 4.55. The number of methoxy groups -OCH3 is 1. The summed E-state index contributed by atoms with van der Waals surface area (Å²) in [6.07, 6.45) is 1.70. The number of ether oxygens (including phenoxy) is 1. The van der Waals surface area contributed by atoms with Gasteiger partial charge in [-0.15, -0.1) is 0 Å². The molecule has 0 saturated carbocycles. The van der Waals surface area contributed by atoms with Crippen LogP contribution in [0.25, 0.3) is 11.3 Å². The van der Waals surface area contributed by atoms with E-state index in [1.165, 1.54) is 11.8 Å². The number of hydrogen-bond acceptors (Lipinski definition) is 7. The molecule has 0 radical (unpaired) electrons. The van der Waals surface area contributed by atoms with Gasteiger partial charge in [0.25, 0.3) is 0 Å².